The first-order valence-corrected chi connectivity index (χ1v) is 7.45. The molecule has 0 saturated carbocycles. The zero-order valence-electron chi connectivity index (χ0n) is 10.6. The Morgan fingerprint density at radius 2 is 1.52 bits per heavy atom. The van der Waals surface area contributed by atoms with E-state index in [0.29, 0.717) is 0 Å². The van der Waals surface area contributed by atoms with Gasteiger partial charge in [-0.2, -0.15) is 0 Å². The summed E-state index contributed by atoms with van der Waals surface area (Å²) in [6.45, 7) is 0. The minimum atomic E-state index is -4.80. The van der Waals surface area contributed by atoms with Crippen LogP contribution in [-0.2, 0) is 4.57 Å². The summed E-state index contributed by atoms with van der Waals surface area (Å²) in [6.07, 6.45) is 0. The Balaban J connectivity index is 2.50. The summed E-state index contributed by atoms with van der Waals surface area (Å²) >= 11 is 0. The molecular weight excluding hydrogens is 295 g/mol. The molecule has 0 aliphatic rings. The highest BCUT2D eigenvalue weighted by molar-refractivity contribution is 7.60. The van der Waals surface area contributed by atoms with Crippen molar-refractivity contribution in [3.63, 3.8) is 0 Å². The van der Waals surface area contributed by atoms with E-state index in [-0.39, 0.29) is 5.56 Å². The molecule has 0 saturated heterocycles. The maximum absolute atomic E-state index is 12.1. The molecule has 0 radical (unpaired) electrons. The van der Waals surface area contributed by atoms with Crippen LogP contribution in [0.25, 0.3) is 0 Å². The van der Waals surface area contributed by atoms with E-state index in [4.69, 9.17) is 0 Å². The second-order valence-corrected chi connectivity index (χ2v) is 5.84. The Labute approximate surface area is 119 Å². The van der Waals surface area contributed by atoms with Crippen LogP contribution in [0.5, 0.6) is 5.75 Å². The highest BCUT2D eigenvalue weighted by atomic mass is 31.2. The summed E-state index contributed by atoms with van der Waals surface area (Å²) in [4.78, 5) is 42.7. The summed E-state index contributed by atoms with van der Waals surface area (Å²) in [5.41, 5.74) is -0.303. The fourth-order valence-corrected chi connectivity index (χ4v) is 2.59. The number of hydrogen-bond donors (Lipinski definition) is 3. The van der Waals surface area contributed by atoms with E-state index in [1.807, 2.05) is 0 Å². The van der Waals surface area contributed by atoms with Crippen LogP contribution >= 0.6 is 7.60 Å². The number of Topliss-reactive ketones (excluding diaryl/α,β-unsaturated/α-hetero) is 2. The lowest BCUT2D eigenvalue weighted by molar-refractivity contribution is 0.0817. The molecule has 108 valence electrons. The Hall–Kier alpha value is -2.27. The van der Waals surface area contributed by atoms with Gasteiger partial charge in [-0.3, -0.25) is 14.2 Å². The van der Waals surface area contributed by atoms with E-state index in [1.54, 1.807) is 18.2 Å². The third kappa shape index (κ3) is 3.25. The molecule has 2 aromatic rings. The third-order valence-corrected chi connectivity index (χ3v) is 3.78. The number of ketones is 2. The van der Waals surface area contributed by atoms with Gasteiger partial charge in [-0.05, 0) is 18.2 Å². The third-order valence-electron chi connectivity index (χ3n) is 2.78. The molecule has 2 aromatic carbocycles. The predicted octanol–water partition coefficient (Wildman–Crippen LogP) is 1.26. The maximum Gasteiger partial charge on any atom is 0.357 e. The van der Waals surface area contributed by atoms with Crippen LogP contribution in [0, 0.1) is 0 Å². The molecule has 6 nitrogen and oxygen atoms in total. The second kappa shape index (κ2) is 5.61. The number of carbonyl (C=O) groups is 2. The first kappa shape index (κ1) is 15.1. The zero-order valence-corrected chi connectivity index (χ0v) is 11.5. The highest BCUT2D eigenvalue weighted by Gasteiger charge is 2.29. The van der Waals surface area contributed by atoms with Crippen molar-refractivity contribution in [2.75, 3.05) is 0 Å². The maximum atomic E-state index is 12.1. The number of phenols is 1. The van der Waals surface area contributed by atoms with Crippen LogP contribution < -0.4 is 5.30 Å². The lowest BCUT2D eigenvalue weighted by Gasteiger charge is -2.10. The largest absolute Gasteiger partial charge is 0.508 e. The van der Waals surface area contributed by atoms with Crippen molar-refractivity contribution in [2.45, 2.75) is 0 Å². The van der Waals surface area contributed by atoms with Gasteiger partial charge in [0.1, 0.15) is 5.75 Å². The van der Waals surface area contributed by atoms with Crippen molar-refractivity contribution in [1.82, 2.24) is 0 Å². The minimum Gasteiger partial charge on any atom is -0.508 e. The van der Waals surface area contributed by atoms with Gasteiger partial charge in [-0.15, -0.1) is 0 Å². The molecule has 0 heterocycles. The molecule has 0 aliphatic heterocycles. The second-order valence-electron chi connectivity index (χ2n) is 4.27. The van der Waals surface area contributed by atoms with Crippen LogP contribution in [0.2, 0.25) is 0 Å². The van der Waals surface area contributed by atoms with E-state index in [1.165, 1.54) is 12.1 Å². The van der Waals surface area contributed by atoms with Crippen LogP contribution in [0.15, 0.2) is 48.5 Å². The average Bonchev–Trinajstić information content (AvgIpc) is 2.45. The van der Waals surface area contributed by atoms with E-state index < -0.39 is 35.8 Å². The van der Waals surface area contributed by atoms with Gasteiger partial charge < -0.3 is 14.9 Å². The van der Waals surface area contributed by atoms with Gasteiger partial charge >= 0.3 is 7.60 Å². The first-order chi connectivity index (χ1) is 9.80. The minimum absolute atomic E-state index is 0.118. The number of hydrogen-bond acceptors (Lipinski definition) is 4. The molecule has 21 heavy (non-hydrogen) atoms. The van der Waals surface area contributed by atoms with E-state index in [0.717, 1.165) is 18.2 Å². The lowest BCUT2D eigenvalue weighted by Crippen LogP contribution is -2.22. The standard InChI is InChI=1S/C14H11O6P/c15-10-6-7-11(12(8-10)21(18,19)20)14(17)13(16)9-4-2-1-3-5-9/h1-8,15H,(H2,18,19,20). The van der Waals surface area contributed by atoms with Gasteiger partial charge in [0.2, 0.25) is 11.6 Å². The Morgan fingerprint density at radius 1 is 0.905 bits per heavy atom. The number of rotatable bonds is 4. The number of phenolic OH excluding ortho intramolecular Hbond substituents is 1. The highest BCUT2D eigenvalue weighted by Crippen LogP contribution is 2.36. The molecular formula is C14H11O6P. The molecule has 0 fully saturated rings. The molecule has 0 spiro atoms. The Morgan fingerprint density at radius 3 is 2.10 bits per heavy atom. The predicted molar refractivity (Wildman–Crippen MR) is 74.9 cm³/mol. The molecule has 0 atom stereocenters. The Kier molecular flexibility index (Phi) is 4.04. The summed E-state index contributed by atoms with van der Waals surface area (Å²) < 4.78 is 11.4. The van der Waals surface area contributed by atoms with Crippen molar-refractivity contribution in [1.29, 1.82) is 0 Å². The molecule has 0 unspecified atom stereocenters. The van der Waals surface area contributed by atoms with Gasteiger partial charge in [0.05, 0.1) is 5.30 Å². The number of carbonyl (C=O) groups excluding carboxylic acids is 2. The van der Waals surface area contributed by atoms with Gasteiger partial charge in [0, 0.05) is 11.1 Å². The SMILES string of the molecule is O=C(C(=O)c1ccc(O)cc1P(=O)(O)O)c1ccccc1. The van der Waals surface area contributed by atoms with Crippen LogP contribution in [-0.4, -0.2) is 26.5 Å². The smallest absolute Gasteiger partial charge is 0.357 e. The van der Waals surface area contributed by atoms with Crippen molar-refractivity contribution in [2.24, 2.45) is 0 Å². The monoisotopic (exact) mass is 306 g/mol. The topological polar surface area (TPSA) is 112 Å². The molecule has 7 heteroatoms. The van der Waals surface area contributed by atoms with Crippen LogP contribution in [0.1, 0.15) is 20.7 Å². The fraction of sp³-hybridized carbons (Fsp3) is 0. The van der Waals surface area contributed by atoms with Crippen LogP contribution in [0.3, 0.4) is 0 Å². The fourth-order valence-electron chi connectivity index (χ4n) is 1.80. The van der Waals surface area contributed by atoms with Crippen LogP contribution in [0.4, 0.5) is 0 Å². The molecule has 0 amide bonds. The van der Waals surface area contributed by atoms with Gasteiger partial charge in [0.15, 0.2) is 0 Å². The Bertz CT molecular complexity index is 747. The molecule has 0 aromatic heterocycles. The van der Waals surface area contributed by atoms with Gasteiger partial charge in [0.25, 0.3) is 0 Å². The molecule has 0 bridgehead atoms. The van der Waals surface area contributed by atoms with Crippen molar-refractivity contribution >= 4 is 24.5 Å². The van der Waals surface area contributed by atoms with Crippen molar-refractivity contribution in [3.05, 3.63) is 59.7 Å². The lowest BCUT2D eigenvalue weighted by atomic mass is 10.0. The normalized spacial score (nSPS) is 11.1. The quantitative estimate of drug-likeness (QED) is 0.445. The van der Waals surface area contributed by atoms with E-state index >= 15 is 0 Å². The van der Waals surface area contributed by atoms with Gasteiger partial charge in [-0.25, -0.2) is 0 Å². The summed E-state index contributed by atoms with van der Waals surface area (Å²) in [5, 5.41) is 8.63. The van der Waals surface area contributed by atoms with Crippen molar-refractivity contribution in [3.8, 4) is 5.75 Å². The molecule has 3 N–H and O–H groups in total. The summed E-state index contributed by atoms with van der Waals surface area (Å²) in [5.74, 6) is -2.33. The van der Waals surface area contributed by atoms with Gasteiger partial charge in [-0.1, -0.05) is 30.3 Å². The first-order valence-electron chi connectivity index (χ1n) is 5.84. The molecule has 0 aliphatic carbocycles. The van der Waals surface area contributed by atoms with Crippen molar-refractivity contribution < 1.29 is 29.0 Å². The number of aromatic hydroxyl groups is 1. The average molecular weight is 306 g/mol. The zero-order chi connectivity index (χ0) is 15.6. The molecule has 2 rings (SSSR count). The van der Waals surface area contributed by atoms with E-state index in [2.05, 4.69) is 0 Å². The summed E-state index contributed by atoms with van der Waals surface area (Å²) in [7, 11) is -4.80. The number of benzene rings is 2. The van der Waals surface area contributed by atoms with E-state index in [9.17, 15) is 29.0 Å². The summed E-state index contributed by atoms with van der Waals surface area (Å²) in [6, 6.07) is 10.6.